The van der Waals surface area contributed by atoms with E-state index in [1.165, 1.54) is 6.92 Å². The summed E-state index contributed by atoms with van der Waals surface area (Å²) in [5.74, 6) is -1.19. The van der Waals surface area contributed by atoms with Crippen molar-refractivity contribution < 1.29 is 33.4 Å². The topological polar surface area (TPSA) is 155 Å². The molecular formula is C41H51N5O7. The average Bonchev–Trinajstić information content (AvgIpc) is 3.15. The van der Waals surface area contributed by atoms with Gasteiger partial charge in [-0.2, -0.15) is 0 Å². The largest absolute Gasteiger partial charge is 0.494 e. The average molecular weight is 726 g/mol. The van der Waals surface area contributed by atoms with E-state index in [-0.39, 0.29) is 49.6 Å². The van der Waals surface area contributed by atoms with E-state index in [0.29, 0.717) is 43.1 Å². The first-order valence-electron chi connectivity index (χ1n) is 18.5. The molecule has 2 unspecified atom stereocenters. The highest BCUT2D eigenvalue weighted by Crippen LogP contribution is 2.24. The van der Waals surface area contributed by atoms with Crippen LogP contribution in [0.4, 0.5) is 5.69 Å². The molecule has 4 bridgehead atoms. The van der Waals surface area contributed by atoms with Crippen molar-refractivity contribution in [3.05, 3.63) is 95.1 Å². The highest BCUT2D eigenvalue weighted by molar-refractivity contribution is 5.96. The Kier molecular flexibility index (Phi) is 14.0. The second kappa shape index (κ2) is 19.0. The third kappa shape index (κ3) is 11.4. The van der Waals surface area contributed by atoms with Gasteiger partial charge in [0.05, 0.1) is 13.0 Å². The molecule has 0 saturated carbocycles. The number of piperidine rings is 1. The molecule has 1 saturated heterocycles. The van der Waals surface area contributed by atoms with Crippen LogP contribution in [0.3, 0.4) is 0 Å². The molecule has 12 heteroatoms. The van der Waals surface area contributed by atoms with Crippen molar-refractivity contribution in [2.45, 2.75) is 84.0 Å². The zero-order valence-corrected chi connectivity index (χ0v) is 30.8. The van der Waals surface area contributed by atoms with Crippen molar-refractivity contribution >= 4 is 35.2 Å². The normalized spacial score (nSPS) is 20.5. The van der Waals surface area contributed by atoms with Crippen LogP contribution in [0.5, 0.6) is 5.75 Å². The Hall–Kier alpha value is -5.23. The molecule has 2 heterocycles. The second-order valence-electron chi connectivity index (χ2n) is 13.8. The summed E-state index contributed by atoms with van der Waals surface area (Å²) in [5.41, 5.74) is 3.95. The van der Waals surface area contributed by atoms with E-state index in [1.807, 2.05) is 55.5 Å². The second-order valence-corrected chi connectivity index (χ2v) is 13.8. The zero-order valence-electron chi connectivity index (χ0n) is 30.8. The van der Waals surface area contributed by atoms with Crippen molar-refractivity contribution in [3.63, 3.8) is 0 Å². The van der Waals surface area contributed by atoms with Gasteiger partial charge >= 0.3 is 0 Å². The Morgan fingerprint density at radius 3 is 2.51 bits per heavy atom. The van der Waals surface area contributed by atoms with Gasteiger partial charge in [0.1, 0.15) is 17.8 Å². The standard InChI is InChI=1S/C41H51N5O7/c1-4-52-38(31-14-16-33(17-15-31)43-28(3)47)41(51)45-36-24-37(48)46-21-8-11-30(26-46)20-22-53-34-18-12-27(2)32(23-34)25-42-39(49)35(44-40(36)50)19-13-29-9-6-5-7-10-29/h5-7,9-10,12,14-18,23,30,35-36,38H,4,8,11,13,19-22,24-26H2,1-3H3,(H,42,49)(H,43,47)(H,44,50)(H,45,51)/t30?,35-,36-,38?/m0/s1. The van der Waals surface area contributed by atoms with E-state index < -0.39 is 30.0 Å². The van der Waals surface area contributed by atoms with Crippen LogP contribution in [0.2, 0.25) is 0 Å². The van der Waals surface area contributed by atoms with Gasteiger partial charge in [-0.05, 0) is 98.4 Å². The molecule has 0 radical (unpaired) electrons. The first-order chi connectivity index (χ1) is 25.6. The summed E-state index contributed by atoms with van der Waals surface area (Å²) in [6.45, 7) is 7.11. The van der Waals surface area contributed by atoms with Crippen LogP contribution in [0.25, 0.3) is 0 Å². The van der Waals surface area contributed by atoms with Crippen molar-refractivity contribution in [3.8, 4) is 5.75 Å². The minimum absolute atomic E-state index is 0.199. The van der Waals surface area contributed by atoms with Gasteiger partial charge in [0.2, 0.25) is 23.6 Å². The lowest BCUT2D eigenvalue weighted by atomic mass is 9.94. The minimum atomic E-state index is -1.29. The fourth-order valence-corrected chi connectivity index (χ4v) is 6.80. The third-order valence-corrected chi connectivity index (χ3v) is 9.75. The molecule has 2 aliphatic heterocycles. The molecule has 0 aromatic heterocycles. The maximum atomic E-state index is 14.2. The summed E-state index contributed by atoms with van der Waals surface area (Å²) in [6, 6.07) is 19.9. The Morgan fingerprint density at radius 1 is 1.00 bits per heavy atom. The predicted octanol–water partition coefficient (Wildman–Crippen LogP) is 4.36. The molecule has 5 amide bonds. The van der Waals surface area contributed by atoms with Crippen molar-refractivity contribution in [1.82, 2.24) is 20.9 Å². The van der Waals surface area contributed by atoms with Gasteiger partial charge < -0.3 is 35.6 Å². The Labute approximate surface area is 311 Å². The van der Waals surface area contributed by atoms with Gasteiger partial charge in [-0.25, -0.2) is 0 Å². The molecule has 12 nitrogen and oxygen atoms in total. The number of anilines is 1. The fourth-order valence-electron chi connectivity index (χ4n) is 6.80. The summed E-state index contributed by atoms with van der Waals surface area (Å²) in [5, 5.41) is 11.4. The number of ether oxygens (including phenoxy) is 2. The number of aryl methyl sites for hydroxylation is 2. The first kappa shape index (κ1) is 39.0. The number of amides is 5. The molecule has 4 N–H and O–H groups in total. The molecule has 1 fully saturated rings. The molecule has 4 atom stereocenters. The number of nitrogens with one attached hydrogen (secondary N) is 4. The molecule has 3 aromatic rings. The predicted molar refractivity (Wildman–Crippen MR) is 201 cm³/mol. The number of hydrogen-bond acceptors (Lipinski definition) is 7. The fraction of sp³-hybridized carbons (Fsp3) is 0.439. The van der Waals surface area contributed by atoms with Gasteiger partial charge in [-0.3, -0.25) is 24.0 Å². The minimum Gasteiger partial charge on any atom is -0.494 e. The first-order valence-corrected chi connectivity index (χ1v) is 18.5. The lowest BCUT2D eigenvalue weighted by molar-refractivity contribution is -0.141. The number of nitrogens with zero attached hydrogens (tertiary/aromatic N) is 1. The van der Waals surface area contributed by atoms with E-state index in [4.69, 9.17) is 9.47 Å². The Bertz CT molecular complexity index is 1730. The molecular weight excluding hydrogens is 674 g/mol. The number of hydrogen-bond donors (Lipinski definition) is 4. The lowest BCUT2D eigenvalue weighted by Crippen LogP contribution is -2.56. The summed E-state index contributed by atoms with van der Waals surface area (Å²) in [6.07, 6.45) is 1.93. The molecule has 53 heavy (non-hydrogen) atoms. The zero-order chi connectivity index (χ0) is 37.7. The van der Waals surface area contributed by atoms with Crippen LogP contribution in [-0.2, 0) is 41.7 Å². The number of carbonyl (C=O) groups is 5. The highest BCUT2D eigenvalue weighted by atomic mass is 16.5. The summed E-state index contributed by atoms with van der Waals surface area (Å²) in [7, 11) is 0. The Balaban J connectivity index is 1.43. The van der Waals surface area contributed by atoms with Gasteiger partial charge in [-0.15, -0.1) is 0 Å². The molecule has 282 valence electrons. The molecule has 2 aliphatic rings. The van der Waals surface area contributed by atoms with Crippen LogP contribution in [0.15, 0.2) is 72.8 Å². The summed E-state index contributed by atoms with van der Waals surface area (Å²) < 4.78 is 12.0. The quantitative estimate of drug-likeness (QED) is 0.256. The SMILES string of the molecule is CCOC(C(=O)N[C@H]1CC(=O)N2CCCC(CCOc3ccc(C)c(c3)CNC(=O)[C@H](CCc3ccccc3)NC1=O)C2)c1ccc(NC(C)=O)cc1. The molecule has 3 aromatic carbocycles. The van der Waals surface area contributed by atoms with Crippen molar-refractivity contribution in [2.75, 3.05) is 31.6 Å². The van der Waals surface area contributed by atoms with E-state index in [0.717, 1.165) is 36.0 Å². The number of rotatable bonds is 9. The van der Waals surface area contributed by atoms with Crippen LogP contribution < -0.4 is 26.0 Å². The van der Waals surface area contributed by atoms with Crippen molar-refractivity contribution in [1.29, 1.82) is 0 Å². The van der Waals surface area contributed by atoms with Crippen LogP contribution in [0.1, 0.15) is 74.3 Å². The van der Waals surface area contributed by atoms with Gasteiger partial charge in [-0.1, -0.05) is 48.5 Å². The van der Waals surface area contributed by atoms with Gasteiger partial charge in [0, 0.05) is 38.9 Å². The summed E-state index contributed by atoms with van der Waals surface area (Å²) in [4.78, 5) is 69.1. The Morgan fingerprint density at radius 2 is 1.77 bits per heavy atom. The van der Waals surface area contributed by atoms with E-state index in [2.05, 4.69) is 21.3 Å². The smallest absolute Gasteiger partial charge is 0.254 e. The number of carbonyl (C=O) groups excluding carboxylic acids is 5. The number of benzene rings is 3. The van der Waals surface area contributed by atoms with E-state index in [1.54, 1.807) is 36.1 Å². The summed E-state index contributed by atoms with van der Waals surface area (Å²) >= 11 is 0. The van der Waals surface area contributed by atoms with Crippen molar-refractivity contribution in [2.24, 2.45) is 5.92 Å². The van der Waals surface area contributed by atoms with Crippen LogP contribution in [-0.4, -0.2) is 72.8 Å². The highest BCUT2D eigenvalue weighted by Gasteiger charge is 2.34. The maximum Gasteiger partial charge on any atom is 0.254 e. The third-order valence-electron chi connectivity index (χ3n) is 9.75. The molecule has 5 rings (SSSR count). The lowest BCUT2D eigenvalue weighted by Gasteiger charge is -2.34. The van der Waals surface area contributed by atoms with E-state index in [9.17, 15) is 24.0 Å². The molecule has 0 aliphatic carbocycles. The van der Waals surface area contributed by atoms with Crippen LogP contribution >= 0.6 is 0 Å². The number of fused-ring (bicyclic) bond motifs is 4. The maximum absolute atomic E-state index is 14.2. The van der Waals surface area contributed by atoms with Gasteiger partial charge in [0.25, 0.3) is 5.91 Å². The van der Waals surface area contributed by atoms with Crippen LogP contribution in [0, 0.1) is 12.8 Å². The molecule has 0 spiro atoms. The van der Waals surface area contributed by atoms with E-state index >= 15 is 0 Å². The monoisotopic (exact) mass is 725 g/mol. The van der Waals surface area contributed by atoms with Gasteiger partial charge in [0.15, 0.2) is 6.10 Å².